The van der Waals surface area contributed by atoms with E-state index in [0.717, 1.165) is 70.5 Å². The second-order valence-corrected chi connectivity index (χ2v) is 10.6. The number of nitrogens with one attached hydrogen (secondary N) is 1. The number of piperidine rings is 1. The van der Waals surface area contributed by atoms with Crippen LogP contribution in [0.2, 0.25) is 0 Å². The van der Waals surface area contributed by atoms with Crippen LogP contribution in [-0.2, 0) is 4.79 Å². The van der Waals surface area contributed by atoms with Gasteiger partial charge in [0.1, 0.15) is 5.82 Å². The first-order valence-corrected chi connectivity index (χ1v) is 13.0. The summed E-state index contributed by atoms with van der Waals surface area (Å²) in [5.41, 5.74) is 0.625. The zero-order chi connectivity index (χ0) is 23.2. The Bertz CT molecular complexity index is 783. The highest BCUT2D eigenvalue weighted by Crippen LogP contribution is 2.30. The van der Waals surface area contributed by atoms with Gasteiger partial charge in [-0.15, -0.1) is 0 Å². The molecule has 1 heterocycles. The minimum Gasteiger partial charge on any atom is -0.393 e. The average molecular weight is 459 g/mol. The predicted molar refractivity (Wildman–Crippen MR) is 126 cm³/mol. The molecule has 0 unspecified atom stereocenters. The largest absolute Gasteiger partial charge is 0.393 e. The van der Waals surface area contributed by atoms with Crippen molar-refractivity contribution in [2.45, 2.75) is 82.8 Å². The maximum atomic E-state index is 13.1. The number of halogens is 1. The Hall–Kier alpha value is -1.79. The zero-order valence-corrected chi connectivity index (χ0v) is 19.7. The number of benzene rings is 1. The summed E-state index contributed by atoms with van der Waals surface area (Å²) in [6.07, 6.45) is 10.4. The molecule has 1 aromatic rings. The maximum Gasteiger partial charge on any atom is 0.220 e. The SMILES string of the molecule is O=C(C[C@@H]1CC[C@@H](O)C1)N[C@H]1CC[C@H](CCN2CCC(C(=O)c3ccc(F)cc3)CC2)CC1. The summed E-state index contributed by atoms with van der Waals surface area (Å²) in [5.74, 6) is 1.14. The van der Waals surface area contributed by atoms with E-state index in [-0.39, 0.29) is 29.5 Å². The Morgan fingerprint density at radius 3 is 2.24 bits per heavy atom. The number of rotatable bonds is 8. The van der Waals surface area contributed by atoms with Gasteiger partial charge in [-0.1, -0.05) is 0 Å². The Labute approximate surface area is 197 Å². The Morgan fingerprint density at radius 2 is 1.61 bits per heavy atom. The zero-order valence-electron chi connectivity index (χ0n) is 19.7. The monoisotopic (exact) mass is 458 g/mol. The van der Waals surface area contributed by atoms with Gasteiger partial charge in [-0.2, -0.15) is 0 Å². The van der Waals surface area contributed by atoms with Crippen LogP contribution in [0.25, 0.3) is 0 Å². The molecule has 0 bridgehead atoms. The van der Waals surface area contributed by atoms with Gasteiger partial charge in [0, 0.05) is 23.9 Å². The number of ketones is 1. The number of likely N-dealkylation sites (tertiary alicyclic amines) is 1. The molecule has 1 saturated heterocycles. The van der Waals surface area contributed by atoms with E-state index in [1.54, 1.807) is 12.1 Å². The maximum absolute atomic E-state index is 13.1. The van der Waals surface area contributed by atoms with Gasteiger partial charge in [0.25, 0.3) is 0 Å². The molecule has 2 aliphatic carbocycles. The summed E-state index contributed by atoms with van der Waals surface area (Å²) in [4.78, 5) is 27.5. The van der Waals surface area contributed by atoms with Crippen LogP contribution in [0, 0.1) is 23.6 Å². The number of carbonyl (C=O) groups excluding carboxylic acids is 2. The molecule has 3 aliphatic rings. The van der Waals surface area contributed by atoms with E-state index in [9.17, 15) is 19.1 Å². The van der Waals surface area contributed by atoms with Crippen molar-refractivity contribution in [3.8, 4) is 0 Å². The number of carbonyl (C=O) groups is 2. The number of aliphatic hydroxyl groups is 1. The first-order chi connectivity index (χ1) is 16.0. The molecular weight excluding hydrogens is 419 g/mol. The summed E-state index contributed by atoms with van der Waals surface area (Å²) < 4.78 is 13.1. The normalized spacial score (nSPS) is 29.2. The van der Waals surface area contributed by atoms with Gasteiger partial charge in [0.05, 0.1) is 6.10 Å². The van der Waals surface area contributed by atoms with Crippen molar-refractivity contribution in [2.24, 2.45) is 17.8 Å². The van der Waals surface area contributed by atoms with Crippen LogP contribution in [0.5, 0.6) is 0 Å². The summed E-state index contributed by atoms with van der Waals surface area (Å²) in [7, 11) is 0. The van der Waals surface area contributed by atoms with Gasteiger partial charge in [0.2, 0.25) is 5.91 Å². The molecule has 4 rings (SSSR count). The molecule has 1 aromatic carbocycles. The van der Waals surface area contributed by atoms with E-state index in [0.29, 0.717) is 23.9 Å². The van der Waals surface area contributed by atoms with Crippen molar-refractivity contribution in [2.75, 3.05) is 19.6 Å². The summed E-state index contributed by atoms with van der Waals surface area (Å²) in [6, 6.07) is 6.24. The first kappa shape index (κ1) is 24.3. The second kappa shape index (κ2) is 11.6. The van der Waals surface area contributed by atoms with Crippen molar-refractivity contribution in [1.82, 2.24) is 10.2 Å². The fourth-order valence-corrected chi connectivity index (χ4v) is 6.01. The van der Waals surface area contributed by atoms with Crippen LogP contribution in [0.15, 0.2) is 24.3 Å². The van der Waals surface area contributed by atoms with Crippen LogP contribution >= 0.6 is 0 Å². The lowest BCUT2D eigenvalue weighted by Crippen LogP contribution is -2.39. The molecule has 1 amide bonds. The Morgan fingerprint density at radius 1 is 0.939 bits per heavy atom. The average Bonchev–Trinajstić information content (AvgIpc) is 3.23. The highest BCUT2D eigenvalue weighted by atomic mass is 19.1. The van der Waals surface area contributed by atoms with E-state index < -0.39 is 0 Å². The van der Waals surface area contributed by atoms with Gasteiger partial charge < -0.3 is 15.3 Å². The molecule has 0 spiro atoms. The van der Waals surface area contributed by atoms with E-state index >= 15 is 0 Å². The van der Waals surface area contributed by atoms with Crippen LogP contribution < -0.4 is 5.32 Å². The van der Waals surface area contributed by atoms with Crippen molar-refractivity contribution < 1.29 is 19.1 Å². The Kier molecular flexibility index (Phi) is 8.53. The number of Topliss-reactive ketones (excluding diaryl/α,β-unsaturated/α-hetero) is 1. The van der Waals surface area contributed by atoms with Crippen molar-refractivity contribution >= 4 is 11.7 Å². The summed E-state index contributed by atoms with van der Waals surface area (Å²) in [6.45, 7) is 3.00. The molecule has 2 saturated carbocycles. The van der Waals surface area contributed by atoms with E-state index in [2.05, 4.69) is 10.2 Å². The third-order valence-electron chi connectivity index (χ3n) is 8.14. The van der Waals surface area contributed by atoms with Crippen molar-refractivity contribution in [3.63, 3.8) is 0 Å². The number of hydrogen-bond donors (Lipinski definition) is 2. The molecule has 1 aliphatic heterocycles. The van der Waals surface area contributed by atoms with E-state index in [4.69, 9.17) is 0 Å². The van der Waals surface area contributed by atoms with Crippen LogP contribution in [0.4, 0.5) is 4.39 Å². The number of hydrogen-bond acceptors (Lipinski definition) is 4. The topological polar surface area (TPSA) is 69.6 Å². The fraction of sp³-hybridized carbons (Fsp3) is 0.704. The van der Waals surface area contributed by atoms with Gasteiger partial charge in [-0.25, -0.2) is 4.39 Å². The van der Waals surface area contributed by atoms with Gasteiger partial charge in [-0.3, -0.25) is 9.59 Å². The van der Waals surface area contributed by atoms with Crippen LogP contribution in [0.1, 0.15) is 81.0 Å². The smallest absolute Gasteiger partial charge is 0.220 e. The molecule has 2 atom stereocenters. The third kappa shape index (κ3) is 7.10. The molecule has 33 heavy (non-hydrogen) atoms. The standard InChI is InChI=1S/C27H39FN2O3/c28-23-6-4-21(5-7-23)27(33)22-12-15-30(16-13-22)14-11-19-1-8-24(9-2-19)29-26(32)18-20-3-10-25(31)17-20/h4-7,19-20,22,24-25,31H,1-3,8-18H2,(H,29,32)/t19-,20-,24-,25-/m1/s1. The summed E-state index contributed by atoms with van der Waals surface area (Å²) in [5, 5.41) is 12.9. The minimum atomic E-state index is -0.303. The fourth-order valence-electron chi connectivity index (χ4n) is 6.01. The molecule has 0 aromatic heterocycles. The lowest BCUT2D eigenvalue weighted by Gasteiger charge is -2.34. The molecule has 0 radical (unpaired) electrons. The van der Waals surface area contributed by atoms with Gasteiger partial charge >= 0.3 is 0 Å². The first-order valence-electron chi connectivity index (χ1n) is 13.0. The van der Waals surface area contributed by atoms with Crippen molar-refractivity contribution in [1.29, 1.82) is 0 Å². The van der Waals surface area contributed by atoms with Crippen LogP contribution in [-0.4, -0.2) is 53.5 Å². The molecule has 5 nitrogen and oxygen atoms in total. The molecule has 2 N–H and O–H groups in total. The molecule has 6 heteroatoms. The molecule has 3 fully saturated rings. The van der Waals surface area contributed by atoms with E-state index in [1.165, 1.54) is 31.4 Å². The molecular formula is C27H39FN2O3. The Balaban J connectivity index is 1.09. The third-order valence-corrected chi connectivity index (χ3v) is 8.14. The quantitative estimate of drug-likeness (QED) is 0.569. The van der Waals surface area contributed by atoms with Crippen LogP contribution in [0.3, 0.4) is 0 Å². The van der Waals surface area contributed by atoms with Gasteiger partial charge in [0.15, 0.2) is 5.78 Å². The summed E-state index contributed by atoms with van der Waals surface area (Å²) >= 11 is 0. The lowest BCUT2D eigenvalue weighted by molar-refractivity contribution is -0.123. The lowest BCUT2D eigenvalue weighted by atomic mass is 9.83. The number of amides is 1. The van der Waals surface area contributed by atoms with Gasteiger partial charge in [-0.05, 0) is 120 Å². The predicted octanol–water partition coefficient (Wildman–Crippen LogP) is 4.34. The number of aliphatic hydroxyl groups excluding tert-OH is 1. The molecule has 182 valence electrons. The highest BCUT2D eigenvalue weighted by Gasteiger charge is 2.29. The van der Waals surface area contributed by atoms with E-state index in [1.807, 2.05) is 0 Å². The highest BCUT2D eigenvalue weighted by molar-refractivity contribution is 5.97. The second-order valence-electron chi connectivity index (χ2n) is 10.6. The van der Waals surface area contributed by atoms with Crippen molar-refractivity contribution in [3.05, 3.63) is 35.6 Å². The number of nitrogens with zero attached hydrogens (tertiary/aromatic N) is 1. The minimum absolute atomic E-state index is 0.0539.